The van der Waals surface area contributed by atoms with Gasteiger partial charge in [0.2, 0.25) is 0 Å². The van der Waals surface area contributed by atoms with Crippen LogP contribution in [0.3, 0.4) is 0 Å². The smallest absolute Gasteiger partial charge is 0.121 e. The third-order valence-corrected chi connectivity index (χ3v) is 3.34. The molecule has 0 saturated carbocycles. The van der Waals surface area contributed by atoms with E-state index < -0.39 is 0 Å². The minimum Gasteiger partial charge on any atom is -0.496 e. The van der Waals surface area contributed by atoms with Gasteiger partial charge in [-0.1, -0.05) is 24.3 Å². The first-order valence-corrected chi connectivity index (χ1v) is 6.09. The number of benzene rings is 2. The lowest BCUT2D eigenvalue weighted by atomic mass is 9.98. The highest BCUT2D eigenvalue weighted by atomic mass is 16.5. The molecule has 2 rings (SSSR count). The van der Waals surface area contributed by atoms with Crippen LogP contribution in [0.2, 0.25) is 0 Å². The third-order valence-electron chi connectivity index (χ3n) is 3.34. The quantitative estimate of drug-likeness (QED) is 0.835. The fourth-order valence-electron chi connectivity index (χ4n) is 2.17. The first kappa shape index (κ1) is 12.5. The van der Waals surface area contributed by atoms with Gasteiger partial charge in [0.15, 0.2) is 0 Å². The van der Waals surface area contributed by atoms with Gasteiger partial charge in [-0.3, -0.25) is 0 Å². The Labute approximate surface area is 108 Å². The highest BCUT2D eigenvalue weighted by Crippen LogP contribution is 2.23. The van der Waals surface area contributed by atoms with E-state index in [-0.39, 0.29) is 0 Å². The maximum absolute atomic E-state index is 5.93. The summed E-state index contributed by atoms with van der Waals surface area (Å²) < 4.78 is 5.27. The molecule has 0 unspecified atom stereocenters. The molecule has 0 atom stereocenters. The molecule has 0 radical (unpaired) electrons. The van der Waals surface area contributed by atoms with Gasteiger partial charge in [-0.05, 0) is 54.7 Å². The van der Waals surface area contributed by atoms with Gasteiger partial charge in [-0.2, -0.15) is 0 Å². The second-order valence-corrected chi connectivity index (χ2v) is 4.61. The molecule has 0 bridgehead atoms. The Morgan fingerprint density at radius 1 is 1.11 bits per heavy atom. The molecule has 0 amide bonds. The van der Waals surface area contributed by atoms with Crippen LogP contribution >= 0.6 is 0 Å². The van der Waals surface area contributed by atoms with Gasteiger partial charge in [0.1, 0.15) is 5.75 Å². The van der Waals surface area contributed by atoms with E-state index in [1.165, 1.54) is 16.7 Å². The fraction of sp³-hybridized carbons (Fsp3) is 0.250. The van der Waals surface area contributed by atoms with Crippen molar-refractivity contribution in [1.82, 2.24) is 0 Å². The Kier molecular flexibility index (Phi) is 3.56. The van der Waals surface area contributed by atoms with E-state index in [2.05, 4.69) is 32.0 Å². The van der Waals surface area contributed by atoms with Crippen LogP contribution in [0.25, 0.3) is 0 Å². The Morgan fingerprint density at radius 2 is 1.89 bits per heavy atom. The van der Waals surface area contributed by atoms with E-state index in [0.717, 1.165) is 23.4 Å². The molecule has 0 saturated heterocycles. The molecule has 0 spiro atoms. The average Bonchev–Trinajstić information content (AvgIpc) is 2.35. The predicted octanol–water partition coefficient (Wildman–Crippen LogP) is 3.49. The second kappa shape index (κ2) is 5.13. The number of hydrogen-bond donors (Lipinski definition) is 1. The van der Waals surface area contributed by atoms with Gasteiger partial charge in [-0.15, -0.1) is 0 Å². The summed E-state index contributed by atoms with van der Waals surface area (Å²) in [6, 6.07) is 12.4. The molecule has 2 heteroatoms. The summed E-state index contributed by atoms with van der Waals surface area (Å²) in [7, 11) is 1.70. The Hall–Kier alpha value is -1.96. The maximum atomic E-state index is 5.93. The van der Waals surface area contributed by atoms with E-state index in [1.807, 2.05) is 18.2 Å². The molecule has 0 fully saturated rings. The maximum Gasteiger partial charge on any atom is 0.121 e. The van der Waals surface area contributed by atoms with Crippen molar-refractivity contribution in [3.8, 4) is 5.75 Å². The molecular weight excluding hydrogens is 222 g/mol. The van der Waals surface area contributed by atoms with Crippen LogP contribution in [-0.4, -0.2) is 7.11 Å². The van der Waals surface area contributed by atoms with E-state index in [0.29, 0.717) is 0 Å². The van der Waals surface area contributed by atoms with Crippen LogP contribution in [0, 0.1) is 13.8 Å². The number of nitrogen functional groups attached to an aromatic ring is 1. The summed E-state index contributed by atoms with van der Waals surface area (Å²) in [6.07, 6.45) is 0.904. The van der Waals surface area contributed by atoms with Crippen molar-refractivity contribution in [3.05, 3.63) is 58.7 Å². The lowest BCUT2D eigenvalue weighted by Gasteiger charge is -2.10. The Balaban J connectivity index is 2.29. The molecule has 0 aliphatic carbocycles. The van der Waals surface area contributed by atoms with Crippen molar-refractivity contribution in [2.75, 3.05) is 12.8 Å². The highest BCUT2D eigenvalue weighted by molar-refractivity contribution is 5.51. The molecule has 0 aliphatic rings. The lowest BCUT2D eigenvalue weighted by molar-refractivity contribution is 0.411. The molecule has 2 aromatic rings. The fourth-order valence-corrected chi connectivity index (χ4v) is 2.17. The summed E-state index contributed by atoms with van der Waals surface area (Å²) in [5.41, 5.74) is 11.7. The number of rotatable bonds is 3. The van der Waals surface area contributed by atoms with Gasteiger partial charge in [0.05, 0.1) is 7.11 Å². The third kappa shape index (κ3) is 2.48. The van der Waals surface area contributed by atoms with E-state index in [9.17, 15) is 0 Å². The topological polar surface area (TPSA) is 35.2 Å². The summed E-state index contributed by atoms with van der Waals surface area (Å²) in [6.45, 7) is 4.13. The normalized spacial score (nSPS) is 10.4. The molecule has 0 heterocycles. The summed E-state index contributed by atoms with van der Waals surface area (Å²) in [5, 5.41) is 0. The van der Waals surface area contributed by atoms with E-state index in [4.69, 9.17) is 10.5 Å². The molecule has 18 heavy (non-hydrogen) atoms. The zero-order valence-corrected chi connectivity index (χ0v) is 11.2. The first-order valence-electron chi connectivity index (χ1n) is 6.09. The molecule has 0 aromatic heterocycles. The summed E-state index contributed by atoms with van der Waals surface area (Å²) >= 11 is 0. The van der Waals surface area contributed by atoms with Crippen molar-refractivity contribution in [1.29, 1.82) is 0 Å². The average molecular weight is 241 g/mol. The molecule has 94 valence electrons. The highest BCUT2D eigenvalue weighted by Gasteiger charge is 2.04. The number of aryl methyl sites for hydroxylation is 1. The van der Waals surface area contributed by atoms with Crippen LogP contribution in [0.5, 0.6) is 5.75 Å². The number of methoxy groups -OCH3 is 1. The Morgan fingerprint density at radius 3 is 2.56 bits per heavy atom. The van der Waals surface area contributed by atoms with E-state index >= 15 is 0 Å². The van der Waals surface area contributed by atoms with Crippen LogP contribution < -0.4 is 10.5 Å². The summed E-state index contributed by atoms with van der Waals surface area (Å²) in [4.78, 5) is 0. The standard InChI is InChI=1S/C16H19NO/c1-11-9-13(7-8-16(11)18-3)10-14-5-4-6-15(17)12(14)2/h4-9H,10,17H2,1-3H3. The summed E-state index contributed by atoms with van der Waals surface area (Å²) in [5.74, 6) is 0.933. The Bertz CT molecular complexity index is 561. The first-order chi connectivity index (χ1) is 8.61. The van der Waals surface area contributed by atoms with Gasteiger partial charge >= 0.3 is 0 Å². The second-order valence-electron chi connectivity index (χ2n) is 4.61. The number of nitrogens with two attached hydrogens (primary N) is 1. The number of anilines is 1. The van der Waals surface area contributed by atoms with Crippen LogP contribution in [-0.2, 0) is 6.42 Å². The van der Waals surface area contributed by atoms with Crippen molar-refractivity contribution in [2.24, 2.45) is 0 Å². The molecule has 0 aliphatic heterocycles. The molecule has 2 N–H and O–H groups in total. The minimum absolute atomic E-state index is 0.859. The zero-order valence-electron chi connectivity index (χ0n) is 11.2. The largest absolute Gasteiger partial charge is 0.496 e. The van der Waals surface area contributed by atoms with Gasteiger partial charge in [-0.25, -0.2) is 0 Å². The van der Waals surface area contributed by atoms with Gasteiger partial charge in [0, 0.05) is 5.69 Å². The van der Waals surface area contributed by atoms with Crippen LogP contribution in [0.15, 0.2) is 36.4 Å². The SMILES string of the molecule is COc1ccc(Cc2cccc(N)c2C)cc1C. The predicted molar refractivity (Wildman–Crippen MR) is 76.1 cm³/mol. The molecular formula is C16H19NO. The molecule has 2 nitrogen and oxygen atoms in total. The van der Waals surface area contributed by atoms with Gasteiger partial charge in [0.25, 0.3) is 0 Å². The van der Waals surface area contributed by atoms with Crippen molar-refractivity contribution < 1.29 is 4.74 Å². The van der Waals surface area contributed by atoms with Crippen molar-refractivity contribution in [2.45, 2.75) is 20.3 Å². The monoisotopic (exact) mass is 241 g/mol. The number of hydrogen-bond acceptors (Lipinski definition) is 2. The zero-order chi connectivity index (χ0) is 13.1. The number of ether oxygens (including phenoxy) is 1. The van der Waals surface area contributed by atoms with Crippen molar-refractivity contribution in [3.63, 3.8) is 0 Å². The van der Waals surface area contributed by atoms with Crippen LogP contribution in [0.4, 0.5) is 5.69 Å². The van der Waals surface area contributed by atoms with Gasteiger partial charge < -0.3 is 10.5 Å². The minimum atomic E-state index is 0.859. The molecule has 2 aromatic carbocycles. The van der Waals surface area contributed by atoms with Crippen LogP contribution in [0.1, 0.15) is 22.3 Å². The van der Waals surface area contributed by atoms with Crippen molar-refractivity contribution >= 4 is 5.69 Å². The lowest BCUT2D eigenvalue weighted by Crippen LogP contribution is -1.97. The van der Waals surface area contributed by atoms with E-state index in [1.54, 1.807) is 7.11 Å².